The van der Waals surface area contributed by atoms with Gasteiger partial charge in [0.15, 0.2) is 0 Å². The van der Waals surface area contributed by atoms with E-state index in [1.165, 1.54) is 19.2 Å². The predicted octanol–water partition coefficient (Wildman–Crippen LogP) is 4.30. The second-order valence-corrected chi connectivity index (χ2v) is 12.3. The molecule has 0 aromatic heterocycles. The summed E-state index contributed by atoms with van der Waals surface area (Å²) >= 11 is 6.32. The molecule has 3 aromatic carbocycles. The molecule has 228 valence electrons. The molecule has 1 saturated carbocycles. The number of hydrogen-bond acceptors (Lipinski definition) is 7. The number of nitrogens with two attached hydrogens (primary N) is 1. The summed E-state index contributed by atoms with van der Waals surface area (Å²) in [5, 5.41) is 11.8. The molecule has 0 bridgehead atoms. The van der Waals surface area contributed by atoms with E-state index in [0.717, 1.165) is 4.90 Å². The van der Waals surface area contributed by atoms with Crippen LogP contribution in [0.4, 0.5) is 10.5 Å². The van der Waals surface area contributed by atoms with Gasteiger partial charge in [0.05, 0.1) is 36.0 Å². The minimum absolute atomic E-state index is 0.0293. The third-order valence-corrected chi connectivity index (χ3v) is 10.2. The van der Waals surface area contributed by atoms with Crippen LogP contribution in [0.2, 0.25) is 5.02 Å². The Bertz CT molecular complexity index is 1840. The van der Waals surface area contributed by atoms with Crippen molar-refractivity contribution in [1.82, 2.24) is 4.90 Å². The van der Waals surface area contributed by atoms with Gasteiger partial charge >= 0.3 is 6.03 Å². The van der Waals surface area contributed by atoms with Gasteiger partial charge in [0, 0.05) is 16.5 Å². The lowest BCUT2D eigenvalue weighted by Gasteiger charge is -2.50. The molecular formula is C34H28ClN3O7. The average molecular weight is 626 g/mol. The Morgan fingerprint density at radius 2 is 1.69 bits per heavy atom. The standard InChI is InChI=1S/C34H28ClN3O7/c1-45-25-12-6-11-24(39)27(25)28-20-13-14-21-26(31(42)38(29(21)40)33(36)44)22(20)16-23-30(41)37(19-10-5-9-18(35)15-19)32(43)34(23,28)17-7-3-2-4-8-17/h2-13,15,21-23,26,28,39H,14,16H2,1H3,(H2,36,44). The number of anilines is 1. The number of ether oxygens (including phenoxy) is 1. The zero-order valence-electron chi connectivity index (χ0n) is 24.1. The van der Waals surface area contributed by atoms with Crippen LogP contribution in [0.1, 0.15) is 29.9 Å². The lowest BCUT2D eigenvalue weighted by molar-refractivity contribution is -0.136. The van der Waals surface area contributed by atoms with E-state index in [2.05, 4.69) is 0 Å². The van der Waals surface area contributed by atoms with E-state index in [0.29, 0.717) is 21.1 Å². The first-order chi connectivity index (χ1) is 21.6. The van der Waals surface area contributed by atoms with Crippen molar-refractivity contribution < 1.29 is 33.8 Å². The number of benzene rings is 3. The number of phenols is 1. The molecule has 7 rings (SSSR count). The lowest BCUT2D eigenvalue weighted by atomic mass is 9.49. The summed E-state index contributed by atoms with van der Waals surface area (Å²) in [6.07, 6.45) is 1.95. The van der Waals surface area contributed by atoms with Crippen molar-refractivity contribution in [3.8, 4) is 11.5 Å². The number of nitrogens with zero attached hydrogens (tertiary/aromatic N) is 2. The number of phenolic OH excluding ortho intramolecular Hbond substituents is 1. The summed E-state index contributed by atoms with van der Waals surface area (Å²) in [5.41, 5.74) is 5.59. The van der Waals surface area contributed by atoms with Gasteiger partial charge in [0.2, 0.25) is 23.6 Å². The number of halogens is 1. The van der Waals surface area contributed by atoms with Crippen LogP contribution in [0.25, 0.3) is 0 Å². The summed E-state index contributed by atoms with van der Waals surface area (Å²) in [4.78, 5) is 70.6. The number of fused-ring (bicyclic) bond motifs is 4. The largest absolute Gasteiger partial charge is 0.508 e. The van der Waals surface area contributed by atoms with Crippen LogP contribution in [-0.2, 0) is 24.6 Å². The second-order valence-electron chi connectivity index (χ2n) is 11.8. The summed E-state index contributed by atoms with van der Waals surface area (Å²) < 4.78 is 5.75. The van der Waals surface area contributed by atoms with Crippen LogP contribution in [0.5, 0.6) is 11.5 Å². The van der Waals surface area contributed by atoms with Gasteiger partial charge in [-0.15, -0.1) is 0 Å². The molecule has 6 atom stereocenters. The number of rotatable bonds is 4. The Hall–Kier alpha value is -4.96. The highest BCUT2D eigenvalue weighted by Crippen LogP contribution is 2.66. The molecule has 10 nitrogen and oxygen atoms in total. The Labute approximate surface area is 263 Å². The van der Waals surface area contributed by atoms with E-state index in [-0.39, 0.29) is 35.6 Å². The van der Waals surface area contributed by atoms with Crippen molar-refractivity contribution in [3.05, 3.63) is 101 Å². The number of carbonyl (C=O) groups excluding carboxylic acids is 5. The molecule has 3 aromatic rings. The van der Waals surface area contributed by atoms with Crippen molar-refractivity contribution in [1.29, 1.82) is 0 Å². The zero-order chi connectivity index (χ0) is 31.8. The van der Waals surface area contributed by atoms with Crippen molar-refractivity contribution >= 4 is 46.9 Å². The molecule has 2 heterocycles. The quantitative estimate of drug-likeness (QED) is 0.325. The van der Waals surface area contributed by atoms with E-state index in [1.54, 1.807) is 60.7 Å². The number of carbonyl (C=O) groups is 5. The molecule has 4 aliphatic rings. The van der Waals surface area contributed by atoms with Crippen LogP contribution in [0, 0.1) is 23.7 Å². The van der Waals surface area contributed by atoms with Crippen LogP contribution in [0.15, 0.2) is 84.4 Å². The molecule has 3 N–H and O–H groups in total. The van der Waals surface area contributed by atoms with Gasteiger partial charge in [-0.3, -0.25) is 19.2 Å². The summed E-state index contributed by atoms with van der Waals surface area (Å²) in [7, 11) is 1.44. The topological polar surface area (TPSA) is 147 Å². The first-order valence-electron chi connectivity index (χ1n) is 14.5. The monoisotopic (exact) mass is 625 g/mol. The number of aromatic hydroxyl groups is 1. The van der Waals surface area contributed by atoms with E-state index in [4.69, 9.17) is 22.1 Å². The first kappa shape index (κ1) is 28.8. The van der Waals surface area contributed by atoms with Crippen molar-refractivity contribution in [2.45, 2.75) is 24.2 Å². The number of methoxy groups -OCH3 is 1. The molecule has 2 aliphatic carbocycles. The number of likely N-dealkylation sites (tertiary alicyclic amines) is 1. The molecule has 11 heteroatoms. The maximum absolute atomic E-state index is 15.2. The van der Waals surface area contributed by atoms with Crippen LogP contribution < -0.4 is 15.4 Å². The molecule has 0 spiro atoms. The normalized spacial score (nSPS) is 28.8. The fourth-order valence-electron chi connectivity index (χ4n) is 8.28. The zero-order valence-corrected chi connectivity index (χ0v) is 24.8. The summed E-state index contributed by atoms with van der Waals surface area (Å²) in [5.74, 6) is -6.91. The fraction of sp³-hybridized carbons (Fsp3) is 0.265. The maximum atomic E-state index is 15.2. The number of urea groups is 1. The Morgan fingerprint density at radius 1 is 0.956 bits per heavy atom. The Morgan fingerprint density at radius 3 is 2.38 bits per heavy atom. The maximum Gasteiger partial charge on any atom is 0.328 e. The average Bonchev–Trinajstić information content (AvgIpc) is 3.42. The smallest absolute Gasteiger partial charge is 0.328 e. The molecule has 3 fully saturated rings. The molecule has 6 unspecified atom stereocenters. The lowest BCUT2D eigenvalue weighted by Crippen LogP contribution is -2.53. The van der Waals surface area contributed by atoms with Gasteiger partial charge in [-0.2, -0.15) is 4.90 Å². The first-order valence-corrected chi connectivity index (χ1v) is 14.9. The third-order valence-electron chi connectivity index (χ3n) is 9.94. The highest BCUT2D eigenvalue weighted by Gasteiger charge is 2.71. The predicted molar refractivity (Wildman–Crippen MR) is 162 cm³/mol. The molecular weight excluding hydrogens is 598 g/mol. The summed E-state index contributed by atoms with van der Waals surface area (Å²) in [6.45, 7) is 0. The third kappa shape index (κ3) is 3.84. The van der Waals surface area contributed by atoms with Crippen molar-refractivity contribution in [2.75, 3.05) is 12.0 Å². The number of imide groups is 4. The van der Waals surface area contributed by atoms with Gasteiger partial charge in [-0.1, -0.05) is 65.7 Å². The number of allylic oxidation sites excluding steroid dienone is 2. The second kappa shape index (κ2) is 10.3. The number of primary amides is 1. The molecule has 45 heavy (non-hydrogen) atoms. The Kier molecular flexibility index (Phi) is 6.59. The number of amides is 6. The SMILES string of the molecule is COc1cccc(O)c1C1C2=CCC3C(=O)N(C(N)=O)C(=O)C3C2CC2C(=O)N(c3cccc(Cl)c3)C(=O)C21c1ccccc1. The molecule has 2 aliphatic heterocycles. The van der Waals surface area contributed by atoms with Gasteiger partial charge in [0.1, 0.15) is 11.5 Å². The van der Waals surface area contributed by atoms with Crippen molar-refractivity contribution in [2.24, 2.45) is 29.4 Å². The van der Waals surface area contributed by atoms with E-state index in [9.17, 15) is 24.3 Å². The fourth-order valence-corrected chi connectivity index (χ4v) is 8.46. The minimum Gasteiger partial charge on any atom is -0.508 e. The van der Waals surface area contributed by atoms with E-state index in [1.807, 2.05) is 6.08 Å². The number of hydrogen-bond donors (Lipinski definition) is 2. The van der Waals surface area contributed by atoms with Crippen molar-refractivity contribution in [3.63, 3.8) is 0 Å². The highest BCUT2D eigenvalue weighted by atomic mass is 35.5. The van der Waals surface area contributed by atoms with Crippen LogP contribution >= 0.6 is 11.6 Å². The van der Waals surface area contributed by atoms with Gasteiger partial charge in [-0.25, -0.2) is 9.69 Å². The van der Waals surface area contributed by atoms with Gasteiger partial charge in [-0.05, 0) is 54.7 Å². The van der Waals surface area contributed by atoms with E-state index >= 15 is 4.79 Å². The van der Waals surface area contributed by atoms with Gasteiger partial charge in [0.25, 0.3) is 0 Å². The van der Waals surface area contributed by atoms with Crippen LogP contribution in [-0.4, -0.2) is 46.8 Å². The van der Waals surface area contributed by atoms with Gasteiger partial charge < -0.3 is 15.6 Å². The Balaban J connectivity index is 1.54. The summed E-state index contributed by atoms with van der Waals surface area (Å²) in [6, 6.07) is 19.0. The molecule has 6 amide bonds. The highest BCUT2D eigenvalue weighted by molar-refractivity contribution is 6.32. The molecule has 2 saturated heterocycles. The van der Waals surface area contributed by atoms with Crippen LogP contribution in [0.3, 0.4) is 0 Å². The van der Waals surface area contributed by atoms with E-state index < -0.39 is 64.7 Å². The molecule has 0 radical (unpaired) electrons. The minimum atomic E-state index is -1.59.